The molecule has 0 aliphatic rings. The summed E-state index contributed by atoms with van der Waals surface area (Å²) in [7, 11) is -3.80. The van der Waals surface area contributed by atoms with Crippen LogP contribution in [0.1, 0.15) is 18.1 Å². The molecule has 2 aromatic rings. The third-order valence-electron chi connectivity index (χ3n) is 3.30. The molecule has 2 rings (SSSR count). The third kappa shape index (κ3) is 3.53. The summed E-state index contributed by atoms with van der Waals surface area (Å²) in [6.07, 6.45) is 0.924. The van der Waals surface area contributed by atoms with Gasteiger partial charge in [-0.15, -0.1) is 0 Å². The fraction of sp³-hybridized carbons (Fsp3) is 0.200. The molecular weight excluding hydrogens is 286 g/mol. The maximum Gasteiger partial charge on any atom is 0.238 e. The Hall–Kier alpha value is -2.05. The lowest BCUT2D eigenvalue weighted by Crippen LogP contribution is -2.15. The van der Waals surface area contributed by atoms with Gasteiger partial charge in [-0.05, 0) is 48.7 Å². The lowest BCUT2D eigenvalue weighted by atomic mass is 10.1. The van der Waals surface area contributed by atoms with Gasteiger partial charge in [-0.3, -0.25) is 0 Å². The Labute approximate surface area is 125 Å². The number of sulfonamides is 1. The zero-order valence-electron chi connectivity index (χ0n) is 12.1. The average molecular weight is 305 g/mol. The molecule has 0 unspecified atom stereocenters. The second kappa shape index (κ2) is 5.75. The highest BCUT2D eigenvalue weighted by atomic mass is 32.2. The fourth-order valence-corrected chi connectivity index (χ4v) is 3.00. The molecule has 0 aliphatic carbocycles. The van der Waals surface area contributed by atoms with Gasteiger partial charge < -0.3 is 11.1 Å². The van der Waals surface area contributed by atoms with Crippen molar-refractivity contribution in [2.24, 2.45) is 5.14 Å². The van der Waals surface area contributed by atoms with Gasteiger partial charge in [0, 0.05) is 17.1 Å². The molecular formula is C15H19N3O2S. The highest BCUT2D eigenvalue weighted by molar-refractivity contribution is 7.89. The molecule has 0 fully saturated rings. The summed E-state index contributed by atoms with van der Waals surface area (Å²) >= 11 is 0. The van der Waals surface area contributed by atoms with Gasteiger partial charge in [0.1, 0.15) is 0 Å². The number of hydrogen-bond donors (Lipinski definition) is 3. The number of nitrogens with one attached hydrogen (secondary N) is 1. The number of hydrogen-bond acceptors (Lipinski definition) is 4. The van der Waals surface area contributed by atoms with Gasteiger partial charge in [0.05, 0.1) is 4.90 Å². The van der Waals surface area contributed by atoms with Crippen molar-refractivity contribution in [3.05, 3.63) is 47.5 Å². The first-order valence-corrected chi connectivity index (χ1v) is 8.14. The van der Waals surface area contributed by atoms with E-state index in [4.69, 9.17) is 10.9 Å². The Morgan fingerprint density at radius 3 is 2.52 bits per heavy atom. The molecule has 0 aliphatic heterocycles. The van der Waals surface area contributed by atoms with Crippen LogP contribution >= 0.6 is 0 Å². The number of benzene rings is 2. The van der Waals surface area contributed by atoms with E-state index in [1.165, 1.54) is 11.6 Å². The quantitative estimate of drug-likeness (QED) is 0.756. The Bertz CT molecular complexity index is 770. The van der Waals surface area contributed by atoms with Crippen molar-refractivity contribution in [3.8, 4) is 0 Å². The molecule has 0 radical (unpaired) electrons. The van der Waals surface area contributed by atoms with Crippen LogP contribution in [0.5, 0.6) is 0 Å². The van der Waals surface area contributed by atoms with Gasteiger partial charge in [0.2, 0.25) is 10.0 Å². The molecule has 5 N–H and O–H groups in total. The normalized spacial score (nSPS) is 11.4. The molecule has 0 saturated carbocycles. The predicted octanol–water partition coefficient (Wildman–Crippen LogP) is 2.53. The van der Waals surface area contributed by atoms with Crippen LogP contribution in [0.25, 0.3) is 0 Å². The maximum absolute atomic E-state index is 11.6. The van der Waals surface area contributed by atoms with E-state index >= 15 is 0 Å². The summed E-state index contributed by atoms with van der Waals surface area (Å²) in [4.78, 5) is 0.0386. The molecule has 21 heavy (non-hydrogen) atoms. The summed E-state index contributed by atoms with van der Waals surface area (Å²) < 4.78 is 23.2. The fourth-order valence-electron chi connectivity index (χ4n) is 2.16. The monoisotopic (exact) mass is 305 g/mol. The molecule has 0 amide bonds. The van der Waals surface area contributed by atoms with Crippen LogP contribution in [-0.4, -0.2) is 8.42 Å². The van der Waals surface area contributed by atoms with Crippen LogP contribution in [0.4, 0.5) is 17.1 Å². The molecule has 0 spiro atoms. The highest BCUT2D eigenvalue weighted by Crippen LogP contribution is 2.28. The van der Waals surface area contributed by atoms with Crippen molar-refractivity contribution in [1.29, 1.82) is 0 Å². The Kier molecular flexibility index (Phi) is 4.20. The summed E-state index contributed by atoms with van der Waals surface area (Å²) in [5.41, 5.74) is 9.37. The van der Waals surface area contributed by atoms with E-state index in [1.54, 1.807) is 13.0 Å². The van der Waals surface area contributed by atoms with E-state index in [-0.39, 0.29) is 4.90 Å². The largest absolute Gasteiger partial charge is 0.399 e. The number of rotatable bonds is 4. The first-order chi connectivity index (χ1) is 9.81. The molecule has 5 nitrogen and oxygen atoms in total. The topological polar surface area (TPSA) is 98.2 Å². The number of anilines is 3. The molecule has 2 aromatic carbocycles. The maximum atomic E-state index is 11.6. The van der Waals surface area contributed by atoms with Gasteiger partial charge >= 0.3 is 0 Å². The summed E-state index contributed by atoms with van der Waals surface area (Å²) in [5, 5.41) is 8.42. The van der Waals surface area contributed by atoms with Gasteiger partial charge in [-0.25, -0.2) is 13.6 Å². The van der Waals surface area contributed by atoms with Crippen molar-refractivity contribution >= 4 is 27.1 Å². The molecule has 0 heterocycles. The summed E-state index contributed by atoms with van der Waals surface area (Å²) in [6, 6.07) is 11.0. The predicted molar refractivity (Wildman–Crippen MR) is 86.1 cm³/mol. The lowest BCUT2D eigenvalue weighted by molar-refractivity contribution is 0.597. The Morgan fingerprint density at radius 1 is 1.19 bits per heavy atom. The van der Waals surface area contributed by atoms with Crippen LogP contribution in [0, 0.1) is 6.92 Å². The first kappa shape index (κ1) is 15.3. The van der Waals surface area contributed by atoms with Crippen LogP contribution < -0.4 is 16.2 Å². The van der Waals surface area contributed by atoms with Crippen molar-refractivity contribution < 1.29 is 8.42 Å². The first-order valence-electron chi connectivity index (χ1n) is 6.60. The molecule has 112 valence electrons. The number of aryl methyl sites for hydroxylation is 1. The van der Waals surface area contributed by atoms with Crippen molar-refractivity contribution in [2.75, 3.05) is 11.1 Å². The minimum absolute atomic E-state index is 0.0386. The smallest absolute Gasteiger partial charge is 0.238 e. The Balaban J connectivity index is 2.47. The van der Waals surface area contributed by atoms with Crippen LogP contribution in [-0.2, 0) is 16.4 Å². The number of primary sulfonamides is 1. The van der Waals surface area contributed by atoms with Crippen LogP contribution in [0.15, 0.2) is 41.3 Å². The van der Waals surface area contributed by atoms with Gasteiger partial charge in [0.25, 0.3) is 0 Å². The third-order valence-corrected chi connectivity index (χ3v) is 4.34. The van der Waals surface area contributed by atoms with E-state index in [0.29, 0.717) is 16.9 Å². The molecule has 0 saturated heterocycles. The van der Waals surface area contributed by atoms with Crippen LogP contribution in [0.3, 0.4) is 0 Å². The average Bonchev–Trinajstić information content (AvgIpc) is 2.41. The molecule has 6 heteroatoms. The van der Waals surface area contributed by atoms with Gasteiger partial charge in [-0.2, -0.15) is 0 Å². The van der Waals surface area contributed by atoms with E-state index in [1.807, 2.05) is 24.3 Å². The highest BCUT2D eigenvalue weighted by Gasteiger charge is 2.15. The SMILES string of the molecule is CCc1cccc(Nc2cc(N)cc(S(N)(=O)=O)c2C)c1. The zero-order chi connectivity index (χ0) is 15.6. The van der Waals surface area contributed by atoms with Crippen molar-refractivity contribution in [2.45, 2.75) is 25.2 Å². The van der Waals surface area contributed by atoms with E-state index in [2.05, 4.69) is 12.2 Å². The minimum atomic E-state index is -3.80. The number of nitrogen functional groups attached to an aromatic ring is 1. The van der Waals surface area contributed by atoms with Crippen molar-refractivity contribution in [3.63, 3.8) is 0 Å². The van der Waals surface area contributed by atoms with E-state index in [0.717, 1.165) is 12.1 Å². The zero-order valence-corrected chi connectivity index (χ0v) is 12.9. The van der Waals surface area contributed by atoms with Gasteiger partial charge in [-0.1, -0.05) is 19.1 Å². The molecule has 0 aromatic heterocycles. The van der Waals surface area contributed by atoms with E-state index < -0.39 is 10.0 Å². The second-order valence-corrected chi connectivity index (χ2v) is 6.45. The van der Waals surface area contributed by atoms with Gasteiger partial charge in [0.15, 0.2) is 0 Å². The minimum Gasteiger partial charge on any atom is -0.399 e. The van der Waals surface area contributed by atoms with Crippen LogP contribution in [0.2, 0.25) is 0 Å². The standard InChI is InChI=1S/C15H19N3O2S/c1-3-11-5-4-6-13(7-11)18-14-8-12(16)9-15(10(14)2)21(17,19)20/h4-9,18H,3,16H2,1-2H3,(H2,17,19,20). The second-order valence-electron chi connectivity index (χ2n) is 4.92. The number of nitrogens with two attached hydrogens (primary N) is 2. The summed E-state index contributed by atoms with van der Waals surface area (Å²) in [6.45, 7) is 3.77. The van der Waals surface area contributed by atoms with E-state index in [9.17, 15) is 8.42 Å². The summed E-state index contributed by atoms with van der Waals surface area (Å²) in [5.74, 6) is 0. The van der Waals surface area contributed by atoms with Crippen molar-refractivity contribution in [1.82, 2.24) is 0 Å². The molecule has 0 bridgehead atoms. The lowest BCUT2D eigenvalue weighted by Gasteiger charge is -2.14. The molecule has 0 atom stereocenters. The Morgan fingerprint density at radius 2 is 1.90 bits per heavy atom.